The van der Waals surface area contributed by atoms with Crippen molar-refractivity contribution in [1.29, 1.82) is 0 Å². The molecule has 0 saturated carbocycles. The largest absolute Gasteiger partial charge is 0.425 e. The van der Waals surface area contributed by atoms with Gasteiger partial charge in [-0.1, -0.05) is 56.3 Å². The molecule has 0 unspecified atom stereocenters. The number of anilines is 2. The lowest BCUT2D eigenvalue weighted by Gasteiger charge is -2.36. The molecule has 3 aliphatic rings. The maximum atomic E-state index is 14.1. The maximum absolute atomic E-state index is 14.1. The number of benzene rings is 3. The Bertz CT molecular complexity index is 1590. The van der Waals surface area contributed by atoms with Crippen molar-refractivity contribution in [3.05, 3.63) is 95.1 Å². The Morgan fingerprint density at radius 1 is 0.900 bits per heavy atom. The molecule has 3 aliphatic heterocycles. The highest BCUT2D eigenvalue weighted by Crippen LogP contribution is 2.49. The van der Waals surface area contributed by atoms with Crippen LogP contribution in [-0.4, -0.2) is 35.7 Å². The van der Waals surface area contributed by atoms with Gasteiger partial charge in [-0.15, -0.1) is 0 Å². The fourth-order valence-electron chi connectivity index (χ4n) is 6.26. The highest BCUT2D eigenvalue weighted by atomic mass is 16.5. The van der Waals surface area contributed by atoms with Crippen molar-refractivity contribution < 1.29 is 23.9 Å². The average Bonchev–Trinajstić information content (AvgIpc) is 3.41. The van der Waals surface area contributed by atoms with E-state index in [1.807, 2.05) is 80.3 Å². The van der Waals surface area contributed by atoms with Gasteiger partial charge in [-0.25, -0.2) is 9.69 Å². The number of hydrogen-bond acceptors (Lipinski definition) is 6. The molecule has 7 nitrogen and oxygen atoms in total. The summed E-state index contributed by atoms with van der Waals surface area (Å²) in [6.07, 6.45) is 3.85. The van der Waals surface area contributed by atoms with Gasteiger partial charge in [0.2, 0.25) is 11.8 Å². The number of para-hydroxylation sites is 1. The van der Waals surface area contributed by atoms with E-state index in [-0.39, 0.29) is 17.6 Å². The third-order valence-electron chi connectivity index (χ3n) is 8.19. The Balaban J connectivity index is 1.43. The molecule has 202 valence electrons. The van der Waals surface area contributed by atoms with Crippen molar-refractivity contribution in [2.24, 2.45) is 11.8 Å². The molecule has 3 aromatic rings. The van der Waals surface area contributed by atoms with Crippen LogP contribution in [0, 0.1) is 18.8 Å². The average molecular weight is 535 g/mol. The summed E-state index contributed by atoms with van der Waals surface area (Å²) in [5.41, 5.74) is 4.41. The molecule has 7 heteroatoms. The minimum atomic E-state index is -1.00. The first-order valence-corrected chi connectivity index (χ1v) is 13.5. The molecule has 40 heavy (non-hydrogen) atoms. The van der Waals surface area contributed by atoms with Crippen LogP contribution in [0.5, 0.6) is 5.75 Å². The standard InChI is InChI=1S/C33H30N2O5/c1-18(2)24-15-9-19(3)17-27(24)40-33(39)30-29-28(26-16-12-22-7-5-6-8-25(22)35(26)30)31(37)34(32(29)38)23-13-10-21(11-14-23)20(4)36/h5-18,26,28-30H,1-4H3/t26-,28-,29-,30+/m1/s1. The van der Waals surface area contributed by atoms with Crippen molar-refractivity contribution in [1.82, 2.24) is 0 Å². The number of imide groups is 1. The molecule has 0 aromatic heterocycles. The first-order chi connectivity index (χ1) is 19.2. The molecule has 4 atom stereocenters. The van der Waals surface area contributed by atoms with Crippen LogP contribution in [0.25, 0.3) is 6.08 Å². The van der Waals surface area contributed by atoms with Crippen LogP contribution in [0.2, 0.25) is 0 Å². The van der Waals surface area contributed by atoms with Gasteiger partial charge >= 0.3 is 5.97 Å². The second-order valence-corrected chi connectivity index (χ2v) is 11.0. The third-order valence-corrected chi connectivity index (χ3v) is 8.19. The summed E-state index contributed by atoms with van der Waals surface area (Å²) in [6.45, 7) is 7.46. The number of rotatable bonds is 5. The van der Waals surface area contributed by atoms with Gasteiger partial charge in [0, 0.05) is 11.3 Å². The first-order valence-electron chi connectivity index (χ1n) is 13.5. The van der Waals surface area contributed by atoms with Crippen molar-refractivity contribution in [2.45, 2.75) is 45.7 Å². The van der Waals surface area contributed by atoms with Crippen molar-refractivity contribution in [2.75, 3.05) is 9.80 Å². The van der Waals surface area contributed by atoms with Gasteiger partial charge < -0.3 is 9.64 Å². The van der Waals surface area contributed by atoms with Crippen molar-refractivity contribution >= 4 is 41.0 Å². The molecule has 0 N–H and O–H groups in total. The molecule has 2 saturated heterocycles. The summed E-state index contributed by atoms with van der Waals surface area (Å²) < 4.78 is 6.09. The van der Waals surface area contributed by atoms with Crippen molar-refractivity contribution in [3.63, 3.8) is 0 Å². The normalized spacial score (nSPS) is 22.8. The summed E-state index contributed by atoms with van der Waals surface area (Å²) in [5.74, 6) is -2.58. The summed E-state index contributed by atoms with van der Waals surface area (Å²) in [7, 11) is 0. The highest BCUT2D eigenvalue weighted by Gasteiger charge is 2.65. The predicted molar refractivity (Wildman–Crippen MR) is 152 cm³/mol. The zero-order chi connectivity index (χ0) is 28.3. The fraction of sp³-hybridized carbons (Fsp3) is 0.273. The summed E-state index contributed by atoms with van der Waals surface area (Å²) in [4.78, 5) is 56.9. The van der Waals surface area contributed by atoms with E-state index < -0.39 is 35.8 Å². The molecule has 0 bridgehead atoms. The molecule has 0 aliphatic carbocycles. The topological polar surface area (TPSA) is 84.0 Å². The van der Waals surface area contributed by atoms with E-state index in [4.69, 9.17) is 4.74 Å². The van der Waals surface area contributed by atoms with Gasteiger partial charge in [-0.05, 0) is 72.9 Å². The zero-order valence-electron chi connectivity index (χ0n) is 22.8. The molecule has 3 aromatic carbocycles. The summed E-state index contributed by atoms with van der Waals surface area (Å²) in [6, 6.07) is 18.4. The lowest BCUT2D eigenvalue weighted by Crippen LogP contribution is -2.50. The van der Waals surface area contributed by atoms with E-state index in [2.05, 4.69) is 0 Å². The van der Waals surface area contributed by atoms with Gasteiger partial charge in [0.25, 0.3) is 0 Å². The van der Waals surface area contributed by atoms with Crippen LogP contribution in [0.15, 0.2) is 72.8 Å². The van der Waals surface area contributed by atoms with E-state index in [0.717, 1.165) is 27.3 Å². The monoisotopic (exact) mass is 534 g/mol. The Morgan fingerprint density at radius 2 is 1.60 bits per heavy atom. The lowest BCUT2D eigenvalue weighted by atomic mass is 9.88. The molecule has 3 heterocycles. The van der Waals surface area contributed by atoms with Gasteiger partial charge in [0.15, 0.2) is 5.78 Å². The Labute approximate surface area is 233 Å². The van der Waals surface area contributed by atoms with E-state index in [1.54, 1.807) is 24.3 Å². The second-order valence-electron chi connectivity index (χ2n) is 11.0. The number of ketones is 1. The van der Waals surface area contributed by atoms with Crippen LogP contribution in [0.1, 0.15) is 53.7 Å². The van der Waals surface area contributed by atoms with E-state index in [1.165, 1.54) is 6.92 Å². The smallest absolute Gasteiger partial charge is 0.335 e. The SMILES string of the molecule is CC(=O)c1ccc(N2C(=O)[C@@H]3[C@H](C2=O)[C@H]2C=Cc4ccccc4N2[C@@H]3C(=O)Oc2cc(C)ccc2C(C)C)cc1. The number of carbonyl (C=O) groups is 4. The third kappa shape index (κ3) is 3.96. The van der Waals surface area contributed by atoms with Crippen LogP contribution in [0.3, 0.4) is 0 Å². The van der Waals surface area contributed by atoms with Crippen LogP contribution >= 0.6 is 0 Å². The number of fused-ring (bicyclic) bond motifs is 5. The molecular formula is C33H30N2O5. The fourth-order valence-corrected chi connectivity index (χ4v) is 6.26. The van der Waals surface area contributed by atoms with Gasteiger partial charge in [-0.2, -0.15) is 0 Å². The molecular weight excluding hydrogens is 504 g/mol. The molecule has 2 amide bonds. The van der Waals surface area contributed by atoms with E-state index in [0.29, 0.717) is 17.0 Å². The van der Waals surface area contributed by atoms with Gasteiger partial charge in [0.1, 0.15) is 11.8 Å². The number of amides is 2. The molecule has 2 fully saturated rings. The number of Topliss-reactive ketones (excluding diaryl/α,β-unsaturated/α-hetero) is 1. The number of esters is 1. The van der Waals surface area contributed by atoms with Crippen LogP contribution < -0.4 is 14.5 Å². The Kier molecular flexibility index (Phi) is 6.17. The first kappa shape index (κ1) is 25.7. The highest BCUT2D eigenvalue weighted by molar-refractivity contribution is 6.24. The van der Waals surface area contributed by atoms with Crippen molar-refractivity contribution in [3.8, 4) is 5.75 Å². The van der Waals surface area contributed by atoms with E-state index >= 15 is 0 Å². The molecule has 0 radical (unpaired) electrons. The minimum Gasteiger partial charge on any atom is -0.425 e. The van der Waals surface area contributed by atoms with Gasteiger partial charge in [-0.3, -0.25) is 14.4 Å². The summed E-state index contributed by atoms with van der Waals surface area (Å²) in [5, 5.41) is 0. The van der Waals surface area contributed by atoms with Crippen LogP contribution in [-0.2, 0) is 14.4 Å². The number of carbonyl (C=O) groups excluding carboxylic acids is 4. The lowest BCUT2D eigenvalue weighted by molar-refractivity contribution is -0.139. The summed E-state index contributed by atoms with van der Waals surface area (Å²) >= 11 is 0. The predicted octanol–water partition coefficient (Wildman–Crippen LogP) is 5.32. The number of nitrogens with zero attached hydrogens (tertiary/aromatic N) is 2. The Hall–Kier alpha value is -4.52. The zero-order valence-corrected chi connectivity index (χ0v) is 22.8. The number of ether oxygens (including phenoxy) is 1. The van der Waals surface area contributed by atoms with Crippen LogP contribution in [0.4, 0.5) is 11.4 Å². The number of hydrogen-bond donors (Lipinski definition) is 0. The molecule has 0 spiro atoms. The van der Waals surface area contributed by atoms with Gasteiger partial charge in [0.05, 0.1) is 23.6 Å². The van der Waals surface area contributed by atoms with E-state index in [9.17, 15) is 19.2 Å². The minimum absolute atomic E-state index is 0.108. The number of aryl methyl sites for hydroxylation is 1. The maximum Gasteiger partial charge on any atom is 0.335 e. The molecule has 6 rings (SSSR count). The quantitative estimate of drug-likeness (QED) is 0.191. The second kappa shape index (κ2) is 9.59. The Morgan fingerprint density at radius 3 is 2.30 bits per heavy atom.